The van der Waals surface area contributed by atoms with E-state index in [2.05, 4.69) is 112 Å². The largest absolute Gasteiger partial charge is 0.0622 e. The first-order chi connectivity index (χ1) is 14.2. The molecule has 0 nitrogen and oxygen atoms in total. The smallest absolute Gasteiger partial charge is 0.00124 e. The zero-order chi connectivity index (χ0) is 20.0. The summed E-state index contributed by atoms with van der Waals surface area (Å²) in [6, 6.07) is 33.0. The van der Waals surface area contributed by atoms with Crippen LogP contribution in [0.4, 0.5) is 0 Å². The summed E-state index contributed by atoms with van der Waals surface area (Å²) in [5.41, 5.74) is 9.29. The van der Waals surface area contributed by atoms with Gasteiger partial charge in [-0.1, -0.05) is 91.0 Å². The number of rotatable bonds is 2. The fraction of sp³-hybridized carbons (Fsp3) is 0.103. The van der Waals surface area contributed by atoms with Crippen LogP contribution >= 0.6 is 0 Å². The van der Waals surface area contributed by atoms with Gasteiger partial charge in [-0.2, -0.15) is 0 Å². The Balaban J connectivity index is 2.13. The van der Waals surface area contributed by atoms with E-state index in [9.17, 15) is 0 Å². The van der Waals surface area contributed by atoms with E-state index in [4.69, 9.17) is 0 Å². The minimum absolute atomic E-state index is 1.27. The Morgan fingerprint density at radius 2 is 0.931 bits per heavy atom. The van der Waals surface area contributed by atoms with Crippen molar-refractivity contribution in [2.45, 2.75) is 20.8 Å². The van der Waals surface area contributed by atoms with E-state index < -0.39 is 0 Å². The molecular weight excluding hydrogens is 348 g/mol. The van der Waals surface area contributed by atoms with Gasteiger partial charge in [-0.15, -0.1) is 0 Å². The normalized spacial score (nSPS) is 11.3. The van der Waals surface area contributed by atoms with Crippen LogP contribution in [0.25, 0.3) is 43.8 Å². The van der Waals surface area contributed by atoms with Crippen molar-refractivity contribution in [1.82, 2.24) is 0 Å². The Morgan fingerprint density at radius 3 is 1.66 bits per heavy atom. The van der Waals surface area contributed by atoms with Crippen molar-refractivity contribution in [2.24, 2.45) is 0 Å². The fourth-order valence-corrected chi connectivity index (χ4v) is 4.78. The highest BCUT2D eigenvalue weighted by atomic mass is 14.2. The summed E-state index contributed by atoms with van der Waals surface area (Å²) < 4.78 is 0. The van der Waals surface area contributed by atoms with Gasteiger partial charge in [0, 0.05) is 0 Å². The Morgan fingerprint density at radius 1 is 0.379 bits per heavy atom. The van der Waals surface area contributed by atoms with E-state index in [1.54, 1.807) is 0 Å². The number of hydrogen-bond acceptors (Lipinski definition) is 0. The molecule has 0 aromatic heterocycles. The van der Waals surface area contributed by atoms with Crippen LogP contribution in [0.1, 0.15) is 16.7 Å². The Bertz CT molecular complexity index is 1340. The van der Waals surface area contributed by atoms with Gasteiger partial charge in [0.25, 0.3) is 0 Å². The molecule has 0 amide bonds. The third-order valence-electron chi connectivity index (χ3n) is 6.05. The summed E-state index contributed by atoms with van der Waals surface area (Å²) in [7, 11) is 0. The molecule has 0 aliphatic rings. The van der Waals surface area contributed by atoms with Gasteiger partial charge in [-0.25, -0.2) is 0 Å². The summed E-state index contributed by atoms with van der Waals surface area (Å²) in [4.78, 5) is 0. The lowest BCUT2D eigenvalue weighted by Crippen LogP contribution is -1.96. The highest BCUT2D eigenvalue weighted by molar-refractivity contribution is 6.22. The Kier molecular flexibility index (Phi) is 4.21. The average molecular weight is 373 g/mol. The molecule has 0 heteroatoms. The second-order valence-electron chi connectivity index (χ2n) is 7.93. The maximum Gasteiger partial charge on any atom is -0.00124 e. The summed E-state index contributed by atoms with van der Waals surface area (Å²) in [5, 5.41) is 5.33. The molecule has 5 aromatic rings. The summed E-state index contributed by atoms with van der Waals surface area (Å²) in [6.45, 7) is 6.70. The molecular formula is C29H24. The van der Waals surface area contributed by atoms with E-state index in [1.807, 2.05) is 0 Å². The molecule has 5 aromatic carbocycles. The van der Waals surface area contributed by atoms with E-state index in [0.29, 0.717) is 0 Å². The van der Waals surface area contributed by atoms with Gasteiger partial charge in [-0.05, 0) is 81.3 Å². The van der Waals surface area contributed by atoms with Crippen molar-refractivity contribution in [3.05, 3.63) is 108 Å². The lowest BCUT2D eigenvalue weighted by molar-refractivity contribution is 1.38. The van der Waals surface area contributed by atoms with Crippen LogP contribution in [-0.4, -0.2) is 0 Å². The molecule has 0 fully saturated rings. The number of hydrogen-bond donors (Lipinski definition) is 0. The van der Waals surface area contributed by atoms with Crippen LogP contribution in [0.2, 0.25) is 0 Å². The molecule has 0 atom stereocenters. The van der Waals surface area contributed by atoms with Crippen LogP contribution in [0, 0.1) is 20.8 Å². The number of benzene rings is 5. The van der Waals surface area contributed by atoms with Crippen molar-refractivity contribution in [2.75, 3.05) is 0 Å². The van der Waals surface area contributed by atoms with E-state index in [-0.39, 0.29) is 0 Å². The first-order valence-corrected chi connectivity index (χ1v) is 10.2. The second kappa shape index (κ2) is 6.90. The van der Waals surface area contributed by atoms with Gasteiger partial charge in [0.2, 0.25) is 0 Å². The SMILES string of the molecule is Cc1cccc(C)c1-c1c(-c2ccccc2)c2ccccc2c2cccc(C)c12. The van der Waals surface area contributed by atoms with Gasteiger partial charge in [0.05, 0.1) is 0 Å². The van der Waals surface area contributed by atoms with E-state index in [0.717, 1.165) is 0 Å². The summed E-state index contributed by atoms with van der Waals surface area (Å²) in [5.74, 6) is 0. The van der Waals surface area contributed by atoms with Crippen LogP contribution in [-0.2, 0) is 0 Å². The first-order valence-electron chi connectivity index (χ1n) is 10.2. The molecule has 29 heavy (non-hydrogen) atoms. The monoisotopic (exact) mass is 372 g/mol. The average Bonchev–Trinajstić information content (AvgIpc) is 2.74. The Hall–Kier alpha value is -3.38. The van der Waals surface area contributed by atoms with Gasteiger partial charge in [0.1, 0.15) is 0 Å². The zero-order valence-corrected chi connectivity index (χ0v) is 17.2. The summed E-state index contributed by atoms with van der Waals surface area (Å²) in [6.07, 6.45) is 0. The lowest BCUT2D eigenvalue weighted by Gasteiger charge is -2.22. The molecule has 0 N–H and O–H groups in total. The predicted octanol–water partition coefficient (Wildman–Crippen LogP) is 8.25. The third kappa shape index (κ3) is 2.76. The maximum atomic E-state index is 2.27. The minimum atomic E-state index is 1.27. The summed E-state index contributed by atoms with van der Waals surface area (Å²) >= 11 is 0. The predicted molar refractivity (Wildman–Crippen MR) is 127 cm³/mol. The Labute approximate surface area is 172 Å². The second-order valence-corrected chi connectivity index (χ2v) is 7.93. The topological polar surface area (TPSA) is 0 Å². The molecule has 0 unspecified atom stereocenters. The van der Waals surface area contributed by atoms with E-state index in [1.165, 1.54) is 60.5 Å². The standard InChI is InChI=1S/C29H24/c1-19-11-9-12-20(2)26(19)29-27-21(3)13-10-18-24(27)23-16-7-8-17-25(23)28(29)22-14-5-4-6-15-22/h4-18H,1-3H3. The zero-order valence-electron chi connectivity index (χ0n) is 17.2. The van der Waals surface area contributed by atoms with Crippen LogP contribution in [0.3, 0.4) is 0 Å². The first kappa shape index (κ1) is 17.7. The molecule has 5 rings (SSSR count). The number of fused-ring (bicyclic) bond motifs is 3. The molecule has 0 heterocycles. The molecule has 0 saturated carbocycles. The molecule has 0 spiro atoms. The highest BCUT2D eigenvalue weighted by Gasteiger charge is 2.20. The molecule has 0 aliphatic heterocycles. The van der Waals surface area contributed by atoms with Gasteiger partial charge in [-0.3, -0.25) is 0 Å². The van der Waals surface area contributed by atoms with Crippen molar-refractivity contribution >= 4 is 21.5 Å². The van der Waals surface area contributed by atoms with Gasteiger partial charge < -0.3 is 0 Å². The quantitative estimate of drug-likeness (QED) is 0.274. The minimum Gasteiger partial charge on any atom is -0.0622 e. The molecule has 140 valence electrons. The number of aryl methyl sites for hydroxylation is 3. The molecule has 0 saturated heterocycles. The van der Waals surface area contributed by atoms with Crippen molar-refractivity contribution in [3.8, 4) is 22.3 Å². The van der Waals surface area contributed by atoms with Gasteiger partial charge >= 0.3 is 0 Å². The van der Waals surface area contributed by atoms with Gasteiger partial charge in [0.15, 0.2) is 0 Å². The van der Waals surface area contributed by atoms with Crippen LogP contribution in [0.5, 0.6) is 0 Å². The van der Waals surface area contributed by atoms with Crippen LogP contribution < -0.4 is 0 Å². The highest BCUT2D eigenvalue weighted by Crippen LogP contribution is 2.46. The van der Waals surface area contributed by atoms with E-state index >= 15 is 0 Å². The maximum absolute atomic E-state index is 2.27. The lowest BCUT2D eigenvalue weighted by atomic mass is 9.81. The van der Waals surface area contributed by atoms with Crippen molar-refractivity contribution in [1.29, 1.82) is 0 Å². The fourth-order valence-electron chi connectivity index (χ4n) is 4.78. The van der Waals surface area contributed by atoms with Crippen molar-refractivity contribution in [3.63, 3.8) is 0 Å². The van der Waals surface area contributed by atoms with Crippen LogP contribution in [0.15, 0.2) is 91.0 Å². The molecule has 0 aliphatic carbocycles. The van der Waals surface area contributed by atoms with Crippen molar-refractivity contribution < 1.29 is 0 Å². The molecule has 0 radical (unpaired) electrons. The molecule has 0 bridgehead atoms. The third-order valence-corrected chi connectivity index (χ3v) is 6.05.